The number of allylic oxidation sites excluding steroid dienone is 3. The first-order valence-electron chi connectivity index (χ1n) is 6.19. The molecule has 1 aliphatic rings. The topological polar surface area (TPSA) is 50.1 Å². The van der Waals surface area contributed by atoms with E-state index < -0.39 is 0 Å². The summed E-state index contributed by atoms with van der Waals surface area (Å²) in [6, 6.07) is 2.26. The highest BCUT2D eigenvalue weighted by Gasteiger charge is 2.22. The van der Waals surface area contributed by atoms with Crippen molar-refractivity contribution in [3.05, 3.63) is 24.3 Å². The highest BCUT2D eigenvalue weighted by molar-refractivity contribution is 5.82. The lowest BCUT2D eigenvalue weighted by atomic mass is 9.88. The van der Waals surface area contributed by atoms with Crippen LogP contribution < -0.4 is 0 Å². The summed E-state index contributed by atoms with van der Waals surface area (Å²) in [4.78, 5) is 11.4. The number of nitriles is 1. The standard InChI is InChI=1S/C14H19NO2/c1-2-3-4-5-6-14(16)17-13-9-7-12(11-15)8-10-13/h3-6,12-13H,2,7-10H2,1H3/b4-3+,6-5+. The molecule has 0 saturated heterocycles. The fourth-order valence-electron chi connectivity index (χ4n) is 1.86. The fourth-order valence-corrected chi connectivity index (χ4v) is 1.86. The number of hydrogen-bond acceptors (Lipinski definition) is 3. The van der Waals surface area contributed by atoms with Crippen LogP contribution in [0.25, 0.3) is 0 Å². The molecule has 1 rings (SSSR count). The van der Waals surface area contributed by atoms with E-state index in [1.807, 2.05) is 19.1 Å². The Kier molecular flexibility index (Phi) is 6.09. The third-order valence-corrected chi connectivity index (χ3v) is 2.85. The first-order valence-corrected chi connectivity index (χ1v) is 6.19. The van der Waals surface area contributed by atoms with E-state index >= 15 is 0 Å². The molecule has 0 aliphatic heterocycles. The second-order valence-electron chi connectivity index (χ2n) is 4.24. The van der Waals surface area contributed by atoms with Crippen molar-refractivity contribution in [1.29, 1.82) is 5.26 Å². The summed E-state index contributed by atoms with van der Waals surface area (Å²) in [5.74, 6) is -0.140. The summed E-state index contributed by atoms with van der Waals surface area (Å²) >= 11 is 0. The van der Waals surface area contributed by atoms with Crippen LogP contribution in [-0.4, -0.2) is 12.1 Å². The highest BCUT2D eigenvalue weighted by Crippen LogP contribution is 2.25. The molecule has 0 unspecified atom stereocenters. The Morgan fingerprint density at radius 2 is 2.06 bits per heavy atom. The lowest BCUT2D eigenvalue weighted by Gasteiger charge is -2.24. The molecule has 0 amide bonds. The van der Waals surface area contributed by atoms with Gasteiger partial charge >= 0.3 is 5.97 Å². The molecular weight excluding hydrogens is 214 g/mol. The number of hydrogen-bond donors (Lipinski definition) is 0. The zero-order valence-corrected chi connectivity index (χ0v) is 10.3. The van der Waals surface area contributed by atoms with Crippen molar-refractivity contribution in [2.45, 2.75) is 45.1 Å². The quantitative estimate of drug-likeness (QED) is 0.426. The van der Waals surface area contributed by atoms with Crippen LogP contribution in [0.2, 0.25) is 0 Å². The summed E-state index contributed by atoms with van der Waals surface area (Å²) in [6.45, 7) is 2.04. The maximum Gasteiger partial charge on any atom is 0.331 e. The van der Waals surface area contributed by atoms with Crippen LogP contribution in [-0.2, 0) is 9.53 Å². The second-order valence-corrected chi connectivity index (χ2v) is 4.24. The number of nitrogens with zero attached hydrogens (tertiary/aromatic N) is 1. The van der Waals surface area contributed by atoms with Crippen molar-refractivity contribution in [1.82, 2.24) is 0 Å². The largest absolute Gasteiger partial charge is 0.459 e. The van der Waals surface area contributed by atoms with E-state index in [1.165, 1.54) is 6.08 Å². The second kappa shape index (κ2) is 7.67. The Balaban J connectivity index is 2.26. The highest BCUT2D eigenvalue weighted by atomic mass is 16.5. The zero-order valence-electron chi connectivity index (χ0n) is 10.3. The molecule has 0 aromatic rings. The van der Waals surface area contributed by atoms with Gasteiger partial charge in [0.05, 0.1) is 6.07 Å². The maximum absolute atomic E-state index is 11.4. The van der Waals surface area contributed by atoms with Gasteiger partial charge in [0, 0.05) is 12.0 Å². The van der Waals surface area contributed by atoms with Gasteiger partial charge in [-0.05, 0) is 32.1 Å². The Morgan fingerprint density at radius 1 is 1.35 bits per heavy atom. The van der Waals surface area contributed by atoms with E-state index in [2.05, 4.69) is 6.07 Å². The van der Waals surface area contributed by atoms with E-state index in [9.17, 15) is 4.79 Å². The van der Waals surface area contributed by atoms with Crippen molar-refractivity contribution >= 4 is 5.97 Å². The van der Waals surface area contributed by atoms with Crippen LogP contribution in [0.1, 0.15) is 39.0 Å². The number of rotatable bonds is 4. The van der Waals surface area contributed by atoms with Gasteiger partial charge in [-0.25, -0.2) is 4.79 Å². The molecule has 0 heterocycles. The Hall–Kier alpha value is -1.56. The monoisotopic (exact) mass is 233 g/mol. The molecule has 0 N–H and O–H groups in total. The molecule has 0 aromatic heterocycles. The first-order chi connectivity index (χ1) is 8.26. The smallest absolute Gasteiger partial charge is 0.331 e. The van der Waals surface area contributed by atoms with Gasteiger partial charge in [0.15, 0.2) is 0 Å². The van der Waals surface area contributed by atoms with Gasteiger partial charge in [0.1, 0.15) is 6.10 Å². The third-order valence-electron chi connectivity index (χ3n) is 2.85. The van der Waals surface area contributed by atoms with Crippen LogP contribution >= 0.6 is 0 Å². The molecule has 17 heavy (non-hydrogen) atoms. The van der Waals surface area contributed by atoms with Crippen molar-refractivity contribution in [3.63, 3.8) is 0 Å². The normalized spacial score (nSPS) is 24.9. The van der Waals surface area contributed by atoms with Crippen LogP contribution in [0, 0.1) is 17.2 Å². The predicted molar refractivity (Wildman–Crippen MR) is 66.0 cm³/mol. The molecule has 0 aromatic carbocycles. The predicted octanol–water partition coefficient (Wildman–Crippen LogP) is 3.13. The molecule has 1 fully saturated rings. The Bertz CT molecular complexity index is 331. The number of esters is 1. The number of ether oxygens (including phenoxy) is 1. The minimum absolute atomic E-state index is 0.00750. The average molecular weight is 233 g/mol. The maximum atomic E-state index is 11.4. The Labute approximate surface area is 103 Å². The summed E-state index contributed by atoms with van der Waals surface area (Å²) in [5, 5.41) is 8.75. The molecule has 1 aliphatic carbocycles. The van der Waals surface area contributed by atoms with Crippen molar-refractivity contribution < 1.29 is 9.53 Å². The van der Waals surface area contributed by atoms with Gasteiger partial charge in [-0.2, -0.15) is 5.26 Å². The molecule has 3 nitrogen and oxygen atoms in total. The molecule has 92 valence electrons. The van der Waals surface area contributed by atoms with E-state index in [0.29, 0.717) is 0 Å². The summed E-state index contributed by atoms with van der Waals surface area (Å²) in [5.41, 5.74) is 0. The van der Waals surface area contributed by atoms with Gasteiger partial charge in [0.25, 0.3) is 0 Å². The van der Waals surface area contributed by atoms with Crippen LogP contribution in [0.15, 0.2) is 24.3 Å². The van der Waals surface area contributed by atoms with Crippen LogP contribution in [0.4, 0.5) is 0 Å². The third kappa shape index (κ3) is 5.35. The number of carbonyl (C=O) groups excluding carboxylic acids is 1. The van der Waals surface area contributed by atoms with E-state index in [0.717, 1.165) is 32.1 Å². The number of carbonyl (C=O) groups is 1. The zero-order chi connectivity index (χ0) is 12.5. The lowest BCUT2D eigenvalue weighted by Crippen LogP contribution is -2.23. The average Bonchev–Trinajstić information content (AvgIpc) is 2.36. The van der Waals surface area contributed by atoms with Gasteiger partial charge in [-0.1, -0.05) is 25.2 Å². The molecule has 3 heteroatoms. The summed E-state index contributed by atoms with van der Waals surface area (Å²) < 4.78 is 5.30. The van der Waals surface area contributed by atoms with Crippen molar-refractivity contribution in [3.8, 4) is 6.07 Å². The van der Waals surface area contributed by atoms with Gasteiger partial charge in [-0.15, -0.1) is 0 Å². The Morgan fingerprint density at radius 3 is 2.65 bits per heavy atom. The van der Waals surface area contributed by atoms with Crippen molar-refractivity contribution in [2.75, 3.05) is 0 Å². The molecule has 0 radical (unpaired) electrons. The minimum Gasteiger partial charge on any atom is -0.459 e. The summed E-state index contributed by atoms with van der Waals surface area (Å²) in [6.07, 6.45) is 11.2. The fraction of sp³-hybridized carbons (Fsp3) is 0.571. The molecule has 0 bridgehead atoms. The van der Waals surface area contributed by atoms with E-state index in [-0.39, 0.29) is 18.0 Å². The van der Waals surface area contributed by atoms with Gasteiger partial charge in [0.2, 0.25) is 0 Å². The van der Waals surface area contributed by atoms with Gasteiger partial charge in [-0.3, -0.25) is 0 Å². The molecule has 0 spiro atoms. The van der Waals surface area contributed by atoms with Gasteiger partial charge < -0.3 is 4.74 Å². The van der Waals surface area contributed by atoms with Crippen molar-refractivity contribution in [2.24, 2.45) is 5.92 Å². The molecular formula is C14H19NO2. The van der Waals surface area contributed by atoms with E-state index in [1.54, 1.807) is 6.08 Å². The minimum atomic E-state index is -0.286. The lowest BCUT2D eigenvalue weighted by molar-refractivity contribution is -0.144. The summed E-state index contributed by atoms with van der Waals surface area (Å²) in [7, 11) is 0. The van der Waals surface area contributed by atoms with Crippen LogP contribution in [0.3, 0.4) is 0 Å². The van der Waals surface area contributed by atoms with Crippen LogP contribution in [0.5, 0.6) is 0 Å². The van der Waals surface area contributed by atoms with E-state index in [4.69, 9.17) is 10.00 Å². The SMILES string of the molecule is CC/C=C/C=C/C(=O)OC1CCC(C#N)CC1. The molecule has 1 saturated carbocycles. The first kappa shape index (κ1) is 13.5. The molecule has 0 atom stereocenters.